The van der Waals surface area contributed by atoms with Crippen molar-refractivity contribution < 1.29 is 4.39 Å². The van der Waals surface area contributed by atoms with Gasteiger partial charge >= 0.3 is 0 Å². The number of rotatable bonds is 3. The fourth-order valence-corrected chi connectivity index (χ4v) is 1.99. The van der Waals surface area contributed by atoms with Gasteiger partial charge in [0.05, 0.1) is 12.4 Å². The lowest BCUT2D eigenvalue weighted by Crippen LogP contribution is -2.42. The van der Waals surface area contributed by atoms with Crippen LogP contribution in [0.25, 0.3) is 0 Å². The third-order valence-electron chi connectivity index (χ3n) is 2.85. The Labute approximate surface area is 94.9 Å². The number of nitrogens with zero attached hydrogens (tertiary/aromatic N) is 3. The Bertz CT molecular complexity index is 321. The molecule has 1 N–H and O–H groups in total. The second-order valence-electron chi connectivity index (χ2n) is 4.23. The molecule has 4 nitrogen and oxygen atoms in total. The molecule has 2 heterocycles. The van der Waals surface area contributed by atoms with Gasteiger partial charge in [-0.05, 0) is 19.4 Å². The lowest BCUT2D eigenvalue weighted by Gasteiger charge is -2.28. The van der Waals surface area contributed by atoms with Crippen LogP contribution in [0.5, 0.6) is 0 Å². The van der Waals surface area contributed by atoms with Gasteiger partial charge in [0.1, 0.15) is 0 Å². The predicted octanol–water partition coefficient (Wildman–Crippen LogP) is 1.19. The van der Waals surface area contributed by atoms with Crippen LogP contribution >= 0.6 is 0 Å². The molecule has 0 spiro atoms. The van der Waals surface area contributed by atoms with Crippen LogP contribution in [0.15, 0.2) is 12.4 Å². The summed E-state index contributed by atoms with van der Waals surface area (Å²) in [6, 6.07) is 0.493. The van der Waals surface area contributed by atoms with Crippen molar-refractivity contribution in [1.82, 2.24) is 15.3 Å². The molecule has 1 fully saturated rings. The zero-order valence-corrected chi connectivity index (χ0v) is 9.49. The normalized spacial score (nSPS) is 20.8. The Kier molecular flexibility index (Phi) is 3.66. The third-order valence-corrected chi connectivity index (χ3v) is 2.85. The largest absolute Gasteiger partial charge is 0.342 e. The fourth-order valence-electron chi connectivity index (χ4n) is 1.99. The molecule has 16 heavy (non-hydrogen) atoms. The van der Waals surface area contributed by atoms with Crippen LogP contribution in [-0.2, 0) is 0 Å². The van der Waals surface area contributed by atoms with Crippen molar-refractivity contribution in [2.75, 3.05) is 25.0 Å². The van der Waals surface area contributed by atoms with E-state index in [0.29, 0.717) is 12.0 Å². The van der Waals surface area contributed by atoms with Gasteiger partial charge in [-0.25, -0.2) is 14.4 Å². The highest BCUT2D eigenvalue weighted by molar-refractivity contribution is 5.27. The number of hydrogen-bond donors (Lipinski definition) is 1. The first-order valence-electron chi connectivity index (χ1n) is 5.68. The quantitative estimate of drug-likeness (QED) is 0.837. The van der Waals surface area contributed by atoms with Gasteiger partial charge in [-0.2, -0.15) is 0 Å². The highest BCUT2D eigenvalue weighted by Gasteiger charge is 2.15. The molecule has 0 unspecified atom stereocenters. The van der Waals surface area contributed by atoms with Gasteiger partial charge in [0.2, 0.25) is 5.95 Å². The topological polar surface area (TPSA) is 41.0 Å². The number of piperidine rings is 1. The number of anilines is 1. The number of aromatic nitrogens is 2. The molecule has 1 aromatic heterocycles. The Morgan fingerprint density at radius 1 is 1.44 bits per heavy atom. The SMILES string of the molecule is CN(C[C@@H]1CCCCN1)c1ncc(F)cn1. The summed E-state index contributed by atoms with van der Waals surface area (Å²) in [7, 11) is 1.93. The van der Waals surface area contributed by atoms with Crippen LogP contribution in [0.4, 0.5) is 10.3 Å². The minimum Gasteiger partial charge on any atom is -0.342 e. The number of nitrogens with one attached hydrogen (secondary N) is 1. The minimum absolute atomic E-state index is 0.395. The summed E-state index contributed by atoms with van der Waals surface area (Å²) in [4.78, 5) is 9.87. The van der Waals surface area contributed by atoms with Crippen molar-refractivity contribution in [2.45, 2.75) is 25.3 Å². The average Bonchev–Trinajstić information content (AvgIpc) is 2.31. The van der Waals surface area contributed by atoms with E-state index in [9.17, 15) is 4.39 Å². The predicted molar refractivity (Wildman–Crippen MR) is 60.9 cm³/mol. The van der Waals surface area contributed by atoms with Crippen LogP contribution in [0.3, 0.4) is 0 Å². The molecule has 5 heteroatoms. The zero-order chi connectivity index (χ0) is 11.4. The first-order chi connectivity index (χ1) is 7.75. The number of hydrogen-bond acceptors (Lipinski definition) is 4. The van der Waals surface area contributed by atoms with E-state index >= 15 is 0 Å². The maximum atomic E-state index is 12.7. The summed E-state index contributed by atoms with van der Waals surface area (Å²) in [6.07, 6.45) is 6.12. The van der Waals surface area contributed by atoms with Crippen molar-refractivity contribution >= 4 is 5.95 Å². The second kappa shape index (κ2) is 5.21. The summed E-state index contributed by atoms with van der Waals surface area (Å²) in [5, 5.41) is 3.46. The molecule has 1 aliphatic rings. The van der Waals surface area contributed by atoms with Gasteiger partial charge in [0.15, 0.2) is 5.82 Å². The van der Waals surface area contributed by atoms with Gasteiger partial charge in [-0.3, -0.25) is 0 Å². The monoisotopic (exact) mass is 224 g/mol. The first kappa shape index (κ1) is 11.3. The third kappa shape index (κ3) is 2.88. The number of halogens is 1. The maximum Gasteiger partial charge on any atom is 0.225 e. The van der Waals surface area contributed by atoms with E-state index in [4.69, 9.17) is 0 Å². The van der Waals surface area contributed by atoms with Gasteiger partial charge < -0.3 is 10.2 Å². The van der Waals surface area contributed by atoms with E-state index in [1.165, 1.54) is 31.7 Å². The summed E-state index contributed by atoms with van der Waals surface area (Å²) in [5.41, 5.74) is 0. The Morgan fingerprint density at radius 2 is 2.19 bits per heavy atom. The highest BCUT2D eigenvalue weighted by atomic mass is 19.1. The molecule has 0 saturated carbocycles. The molecule has 1 aliphatic heterocycles. The summed E-state index contributed by atoms with van der Waals surface area (Å²) >= 11 is 0. The van der Waals surface area contributed by atoms with E-state index in [2.05, 4.69) is 15.3 Å². The van der Waals surface area contributed by atoms with Crippen LogP contribution in [0.1, 0.15) is 19.3 Å². The van der Waals surface area contributed by atoms with Crippen LogP contribution in [0.2, 0.25) is 0 Å². The molecule has 0 aromatic carbocycles. The summed E-state index contributed by atoms with van der Waals surface area (Å²) in [5.74, 6) is 0.182. The standard InChI is InChI=1S/C11H17FN4/c1-16(8-10-4-2-3-5-13-10)11-14-6-9(12)7-15-11/h6-7,10,13H,2-5,8H2,1H3/t10-/m0/s1. The van der Waals surface area contributed by atoms with Crippen molar-refractivity contribution in [3.05, 3.63) is 18.2 Å². The molecule has 0 amide bonds. The Balaban J connectivity index is 1.91. The van der Waals surface area contributed by atoms with Crippen molar-refractivity contribution in [2.24, 2.45) is 0 Å². The van der Waals surface area contributed by atoms with Crippen LogP contribution in [-0.4, -0.2) is 36.1 Å². The Hall–Kier alpha value is -1.23. The first-order valence-corrected chi connectivity index (χ1v) is 5.68. The van der Waals surface area contributed by atoms with Crippen molar-refractivity contribution in [3.63, 3.8) is 0 Å². The van der Waals surface area contributed by atoms with Gasteiger partial charge in [-0.15, -0.1) is 0 Å². The molecule has 2 rings (SSSR count). The lowest BCUT2D eigenvalue weighted by atomic mass is 10.0. The zero-order valence-electron chi connectivity index (χ0n) is 9.49. The van der Waals surface area contributed by atoms with E-state index in [1.54, 1.807) is 0 Å². The Morgan fingerprint density at radius 3 is 2.81 bits per heavy atom. The fraction of sp³-hybridized carbons (Fsp3) is 0.636. The minimum atomic E-state index is -0.395. The molecular formula is C11H17FN4. The van der Waals surface area contributed by atoms with E-state index in [1.807, 2.05) is 11.9 Å². The van der Waals surface area contributed by atoms with Crippen LogP contribution < -0.4 is 10.2 Å². The number of likely N-dealkylation sites (N-methyl/N-ethyl adjacent to an activating group) is 1. The smallest absolute Gasteiger partial charge is 0.225 e. The molecule has 1 aromatic rings. The molecule has 88 valence electrons. The van der Waals surface area contributed by atoms with Crippen molar-refractivity contribution in [3.8, 4) is 0 Å². The van der Waals surface area contributed by atoms with Gasteiger partial charge in [0.25, 0.3) is 0 Å². The second-order valence-corrected chi connectivity index (χ2v) is 4.23. The lowest BCUT2D eigenvalue weighted by molar-refractivity contribution is 0.402. The van der Waals surface area contributed by atoms with E-state index < -0.39 is 5.82 Å². The van der Waals surface area contributed by atoms with Gasteiger partial charge in [-0.1, -0.05) is 6.42 Å². The molecule has 0 aliphatic carbocycles. The summed E-state index contributed by atoms with van der Waals surface area (Å²) in [6.45, 7) is 1.95. The van der Waals surface area contributed by atoms with Crippen LogP contribution in [0, 0.1) is 5.82 Å². The van der Waals surface area contributed by atoms with E-state index in [-0.39, 0.29) is 0 Å². The average molecular weight is 224 g/mol. The molecule has 0 bridgehead atoms. The molecule has 1 atom stereocenters. The maximum absolute atomic E-state index is 12.7. The molecule has 1 saturated heterocycles. The molecular weight excluding hydrogens is 207 g/mol. The van der Waals surface area contributed by atoms with Crippen molar-refractivity contribution in [1.29, 1.82) is 0 Å². The summed E-state index contributed by atoms with van der Waals surface area (Å²) < 4.78 is 12.7. The van der Waals surface area contributed by atoms with E-state index in [0.717, 1.165) is 13.1 Å². The molecule has 0 radical (unpaired) electrons. The highest BCUT2D eigenvalue weighted by Crippen LogP contribution is 2.10. The van der Waals surface area contributed by atoms with Gasteiger partial charge in [0, 0.05) is 19.6 Å².